The highest BCUT2D eigenvalue weighted by Crippen LogP contribution is 2.32. The Morgan fingerprint density at radius 2 is 1.73 bits per heavy atom. The van der Waals surface area contributed by atoms with Crippen molar-refractivity contribution in [1.82, 2.24) is 9.80 Å². The van der Waals surface area contributed by atoms with Gasteiger partial charge in [0.1, 0.15) is 11.5 Å². The molecule has 228 valence electrons. The monoisotopic (exact) mass is 625 g/mol. The van der Waals surface area contributed by atoms with Crippen molar-refractivity contribution in [1.29, 1.82) is 0 Å². The van der Waals surface area contributed by atoms with Gasteiger partial charge in [-0.15, -0.1) is 12.4 Å². The topological polar surface area (TPSA) is 79.0 Å². The number of likely N-dealkylation sites (tertiary alicyclic amines) is 1. The molecule has 0 atom stereocenters. The Balaban J connectivity index is 0.00000462. The second-order valence-corrected chi connectivity index (χ2v) is 13.6. The van der Waals surface area contributed by atoms with E-state index >= 15 is 0 Å². The predicted octanol–water partition coefficient (Wildman–Crippen LogP) is 7.49. The molecule has 1 saturated heterocycles. The highest BCUT2D eigenvalue weighted by molar-refractivity contribution is 7.92. The van der Waals surface area contributed by atoms with Crippen molar-refractivity contribution in [2.45, 2.75) is 83.7 Å². The lowest BCUT2D eigenvalue weighted by molar-refractivity contribution is -0.136. The van der Waals surface area contributed by atoms with Crippen LogP contribution in [-0.4, -0.2) is 56.1 Å². The van der Waals surface area contributed by atoms with E-state index in [1.165, 1.54) is 43.7 Å². The number of halogens is 2. The van der Waals surface area contributed by atoms with Gasteiger partial charge in [-0.25, -0.2) is 8.42 Å². The fraction of sp³-hybridized carbons (Fsp3) is 0.581. The van der Waals surface area contributed by atoms with Gasteiger partial charge in [0.05, 0.1) is 17.0 Å². The molecule has 7 nitrogen and oxygen atoms in total. The van der Waals surface area contributed by atoms with Crippen LogP contribution in [0.3, 0.4) is 0 Å². The summed E-state index contributed by atoms with van der Waals surface area (Å²) in [7, 11) is -3.37. The number of ether oxygens (including phenoxy) is 1. The standard InChI is InChI=1S/C31H44ClN3O4S.ClH/c1-3-4-18-35(31(36)21-24-8-6-5-7-9-24)27-16-19-34(20-17-27)23-25-10-13-28(14-11-25)39-30-15-12-26(22-29(30)32)33-40(2,37)38;/h10-15,22,24,27,33H,3-9,16-21,23H2,1-2H3;1H. The summed E-state index contributed by atoms with van der Waals surface area (Å²) in [4.78, 5) is 18.0. The molecule has 1 saturated carbocycles. The average molecular weight is 627 g/mol. The zero-order valence-electron chi connectivity index (χ0n) is 24.3. The quantitative estimate of drug-likeness (QED) is 0.264. The first-order valence-corrected chi connectivity index (χ1v) is 17.0. The first-order chi connectivity index (χ1) is 19.2. The molecule has 0 unspecified atom stereocenters. The van der Waals surface area contributed by atoms with E-state index in [-0.39, 0.29) is 12.4 Å². The van der Waals surface area contributed by atoms with E-state index in [1.807, 2.05) is 12.1 Å². The number of sulfonamides is 1. The van der Waals surface area contributed by atoms with Gasteiger partial charge in [-0.1, -0.05) is 56.3 Å². The van der Waals surface area contributed by atoms with E-state index in [2.05, 4.69) is 33.6 Å². The van der Waals surface area contributed by atoms with Gasteiger partial charge in [0.2, 0.25) is 15.9 Å². The van der Waals surface area contributed by atoms with E-state index in [0.717, 1.165) is 64.5 Å². The van der Waals surface area contributed by atoms with Gasteiger partial charge in [-0.3, -0.25) is 14.4 Å². The maximum Gasteiger partial charge on any atom is 0.229 e. The maximum atomic E-state index is 13.3. The molecular formula is C31H45Cl2N3O4S. The zero-order valence-corrected chi connectivity index (χ0v) is 26.7. The Hall–Kier alpha value is -2.00. The molecule has 1 heterocycles. The molecule has 10 heteroatoms. The molecule has 0 spiro atoms. The Kier molecular flexibility index (Phi) is 13.1. The Bertz CT molecular complexity index is 1210. The number of amides is 1. The smallest absolute Gasteiger partial charge is 0.229 e. The summed E-state index contributed by atoms with van der Waals surface area (Å²) >= 11 is 6.31. The van der Waals surface area contributed by atoms with Crippen LogP contribution in [0.4, 0.5) is 5.69 Å². The fourth-order valence-electron chi connectivity index (χ4n) is 5.89. The summed E-state index contributed by atoms with van der Waals surface area (Å²) in [6.45, 7) is 5.95. The second kappa shape index (κ2) is 16.0. The summed E-state index contributed by atoms with van der Waals surface area (Å²) in [6, 6.07) is 13.1. The minimum absolute atomic E-state index is 0. The van der Waals surface area contributed by atoms with Crippen molar-refractivity contribution in [2.24, 2.45) is 5.92 Å². The predicted molar refractivity (Wildman–Crippen MR) is 170 cm³/mol. The lowest BCUT2D eigenvalue weighted by Gasteiger charge is -2.39. The van der Waals surface area contributed by atoms with Crippen molar-refractivity contribution in [2.75, 3.05) is 30.6 Å². The van der Waals surface area contributed by atoms with Crippen LogP contribution >= 0.6 is 24.0 Å². The third-order valence-corrected chi connectivity index (χ3v) is 8.95. The molecular weight excluding hydrogens is 581 g/mol. The number of piperidine rings is 1. The molecule has 0 radical (unpaired) electrons. The number of anilines is 1. The normalized spacial score (nSPS) is 17.0. The van der Waals surface area contributed by atoms with Crippen LogP contribution < -0.4 is 9.46 Å². The van der Waals surface area contributed by atoms with Gasteiger partial charge in [0.15, 0.2) is 0 Å². The number of nitrogens with one attached hydrogen (secondary N) is 1. The van der Waals surface area contributed by atoms with E-state index in [1.54, 1.807) is 12.1 Å². The minimum Gasteiger partial charge on any atom is -0.456 e. The Morgan fingerprint density at radius 3 is 2.34 bits per heavy atom. The van der Waals surface area contributed by atoms with Crippen LogP contribution in [0.5, 0.6) is 11.5 Å². The Labute approximate surface area is 257 Å². The molecule has 1 amide bonds. The summed E-state index contributed by atoms with van der Waals surface area (Å²) in [6.07, 6.45) is 12.4. The van der Waals surface area contributed by atoms with Crippen molar-refractivity contribution in [3.63, 3.8) is 0 Å². The molecule has 2 aromatic rings. The highest BCUT2D eigenvalue weighted by atomic mass is 35.5. The van der Waals surface area contributed by atoms with Gasteiger partial charge in [0, 0.05) is 38.6 Å². The fourth-order valence-corrected chi connectivity index (χ4v) is 6.67. The number of hydrogen-bond donors (Lipinski definition) is 1. The van der Waals surface area contributed by atoms with Crippen molar-refractivity contribution >= 4 is 45.6 Å². The number of carbonyl (C=O) groups is 1. The van der Waals surface area contributed by atoms with Crippen molar-refractivity contribution in [3.05, 3.63) is 53.1 Å². The van der Waals surface area contributed by atoms with Gasteiger partial charge >= 0.3 is 0 Å². The molecule has 0 aromatic heterocycles. The van der Waals surface area contributed by atoms with Crippen LogP contribution in [0, 0.1) is 5.92 Å². The number of hydrogen-bond acceptors (Lipinski definition) is 5. The second-order valence-electron chi connectivity index (χ2n) is 11.4. The SMILES string of the molecule is CCCCN(C(=O)CC1CCCCC1)C1CCN(Cc2ccc(Oc3ccc(NS(C)(=O)=O)cc3Cl)cc2)CC1.Cl. The van der Waals surface area contributed by atoms with Gasteiger partial charge in [0.25, 0.3) is 0 Å². The van der Waals surface area contributed by atoms with Gasteiger partial charge in [-0.2, -0.15) is 0 Å². The molecule has 4 rings (SSSR count). The van der Waals surface area contributed by atoms with Crippen LogP contribution in [0.2, 0.25) is 5.02 Å². The number of rotatable bonds is 12. The summed E-state index contributed by atoms with van der Waals surface area (Å²) in [5.74, 6) is 2.10. The molecule has 1 aliphatic heterocycles. The Morgan fingerprint density at radius 1 is 1.05 bits per heavy atom. The third-order valence-electron chi connectivity index (χ3n) is 8.05. The number of benzene rings is 2. The van der Waals surface area contributed by atoms with Crippen LogP contribution in [0.1, 0.15) is 76.7 Å². The molecule has 2 aliphatic rings. The summed E-state index contributed by atoms with van der Waals surface area (Å²) < 4.78 is 31.2. The maximum absolute atomic E-state index is 13.3. The minimum atomic E-state index is -3.37. The van der Waals surface area contributed by atoms with Crippen LogP contribution in [-0.2, 0) is 21.4 Å². The molecule has 2 aromatic carbocycles. The summed E-state index contributed by atoms with van der Waals surface area (Å²) in [5.41, 5.74) is 1.60. The van der Waals surface area contributed by atoms with E-state index in [9.17, 15) is 13.2 Å². The van der Waals surface area contributed by atoms with E-state index in [4.69, 9.17) is 16.3 Å². The van der Waals surface area contributed by atoms with Crippen molar-refractivity contribution in [3.8, 4) is 11.5 Å². The first kappa shape index (κ1) is 33.5. The molecule has 41 heavy (non-hydrogen) atoms. The largest absolute Gasteiger partial charge is 0.456 e. The summed E-state index contributed by atoms with van der Waals surface area (Å²) in [5, 5.41) is 0.325. The van der Waals surface area contributed by atoms with Crippen LogP contribution in [0.25, 0.3) is 0 Å². The van der Waals surface area contributed by atoms with Crippen molar-refractivity contribution < 1.29 is 17.9 Å². The highest BCUT2D eigenvalue weighted by Gasteiger charge is 2.29. The lowest BCUT2D eigenvalue weighted by atomic mass is 9.86. The third kappa shape index (κ3) is 10.7. The molecule has 1 aliphatic carbocycles. The van der Waals surface area contributed by atoms with Gasteiger partial charge in [-0.05, 0) is 73.9 Å². The van der Waals surface area contributed by atoms with E-state index in [0.29, 0.717) is 40.1 Å². The number of nitrogens with zero attached hydrogens (tertiary/aromatic N) is 2. The molecule has 0 bridgehead atoms. The molecule has 1 N–H and O–H groups in total. The molecule has 2 fully saturated rings. The lowest BCUT2D eigenvalue weighted by Crippen LogP contribution is -2.48. The first-order valence-electron chi connectivity index (χ1n) is 14.8. The van der Waals surface area contributed by atoms with Crippen LogP contribution in [0.15, 0.2) is 42.5 Å². The van der Waals surface area contributed by atoms with Gasteiger partial charge < -0.3 is 9.64 Å². The number of carbonyl (C=O) groups excluding carboxylic acids is 1. The average Bonchev–Trinajstić information content (AvgIpc) is 2.92. The number of unbranched alkanes of at least 4 members (excludes halogenated alkanes) is 1. The zero-order chi connectivity index (χ0) is 28.5. The van der Waals surface area contributed by atoms with E-state index < -0.39 is 10.0 Å².